The van der Waals surface area contributed by atoms with Crippen LogP contribution in [0, 0.1) is 13.8 Å². The molecule has 0 bridgehead atoms. The van der Waals surface area contributed by atoms with Crippen LogP contribution >= 0.6 is 0 Å². The summed E-state index contributed by atoms with van der Waals surface area (Å²) in [4.78, 5) is 13.4. The van der Waals surface area contributed by atoms with Gasteiger partial charge in [-0.25, -0.2) is 9.67 Å². The van der Waals surface area contributed by atoms with Crippen LogP contribution in [-0.4, -0.2) is 39.0 Å². The van der Waals surface area contributed by atoms with E-state index in [1.165, 1.54) is 4.90 Å². The number of anilines is 1. The Balaban J connectivity index is 0.00000289. The van der Waals surface area contributed by atoms with Crippen LogP contribution in [0.3, 0.4) is 0 Å². The van der Waals surface area contributed by atoms with Gasteiger partial charge >= 0.3 is 0 Å². The van der Waals surface area contributed by atoms with Crippen molar-refractivity contribution in [3.63, 3.8) is 0 Å². The van der Waals surface area contributed by atoms with Crippen LogP contribution in [0.2, 0.25) is 0 Å². The first-order valence-corrected chi connectivity index (χ1v) is 11.5. The average Bonchev–Trinajstić information content (AvgIpc) is 3.30. The molecule has 0 spiro atoms. The molecular formula is C28H29IN6. The van der Waals surface area contributed by atoms with Gasteiger partial charge in [0.2, 0.25) is 5.82 Å². The van der Waals surface area contributed by atoms with Gasteiger partial charge in [0, 0.05) is 17.8 Å². The number of nitrogens with one attached hydrogen (secondary N) is 1. The van der Waals surface area contributed by atoms with Crippen molar-refractivity contribution in [2.45, 2.75) is 20.0 Å². The average molecular weight is 576 g/mol. The zero-order valence-corrected chi connectivity index (χ0v) is 22.2. The highest BCUT2D eigenvalue weighted by molar-refractivity contribution is 5.79. The number of nitrogens with zero attached hydrogens (tertiary/aromatic N) is 5. The van der Waals surface area contributed by atoms with E-state index in [-0.39, 0.29) is 30.1 Å². The van der Waals surface area contributed by atoms with Crippen molar-refractivity contribution in [3.05, 3.63) is 103 Å². The first kappa shape index (κ1) is 24.8. The summed E-state index contributed by atoms with van der Waals surface area (Å²) in [6, 6.07) is 18.3. The molecule has 0 amide bonds. The Hall–Kier alpha value is -3.30. The van der Waals surface area contributed by atoms with Crippen molar-refractivity contribution < 1.29 is 28.9 Å². The molecule has 6 nitrogen and oxygen atoms in total. The number of quaternary nitrogens is 1. The minimum Gasteiger partial charge on any atom is -1.00 e. The van der Waals surface area contributed by atoms with Gasteiger partial charge in [-0.05, 0) is 56.3 Å². The van der Waals surface area contributed by atoms with E-state index >= 15 is 0 Å². The highest BCUT2D eigenvalue weighted by Gasteiger charge is 2.41. The van der Waals surface area contributed by atoms with E-state index in [1.807, 2.05) is 59.3 Å². The number of rotatable bonds is 7. The van der Waals surface area contributed by atoms with Crippen LogP contribution in [0.25, 0.3) is 22.8 Å². The summed E-state index contributed by atoms with van der Waals surface area (Å²) in [5.41, 5.74) is 6.09. The van der Waals surface area contributed by atoms with Crippen molar-refractivity contribution in [2.24, 2.45) is 0 Å². The van der Waals surface area contributed by atoms with E-state index in [0.29, 0.717) is 6.54 Å². The van der Waals surface area contributed by atoms with Crippen molar-refractivity contribution in [1.29, 1.82) is 0 Å². The minimum absolute atomic E-state index is 0. The molecule has 178 valence electrons. The molecule has 4 aromatic rings. The number of para-hydroxylation sites is 3. The molecule has 35 heavy (non-hydrogen) atoms. The van der Waals surface area contributed by atoms with Gasteiger partial charge in [0.05, 0.1) is 22.4 Å². The molecule has 0 radical (unpaired) electrons. The Morgan fingerprint density at radius 1 is 0.943 bits per heavy atom. The monoisotopic (exact) mass is 576 g/mol. The maximum Gasteiger partial charge on any atom is 0.272 e. The molecule has 2 aromatic carbocycles. The van der Waals surface area contributed by atoms with E-state index < -0.39 is 0 Å². The van der Waals surface area contributed by atoms with Gasteiger partial charge in [0.15, 0.2) is 6.17 Å². The van der Waals surface area contributed by atoms with Gasteiger partial charge in [-0.2, -0.15) is 10.1 Å². The summed E-state index contributed by atoms with van der Waals surface area (Å²) < 4.78 is 2.00. The van der Waals surface area contributed by atoms with Crippen LogP contribution in [0.4, 0.5) is 11.6 Å². The van der Waals surface area contributed by atoms with E-state index in [2.05, 4.69) is 56.2 Å². The van der Waals surface area contributed by atoms with E-state index in [1.54, 1.807) is 0 Å². The van der Waals surface area contributed by atoms with Gasteiger partial charge in [-0.1, -0.05) is 43.0 Å². The lowest BCUT2D eigenvalue weighted by Gasteiger charge is -2.23. The molecule has 3 heterocycles. The zero-order chi connectivity index (χ0) is 23.7. The third-order valence-electron chi connectivity index (χ3n) is 6.30. The van der Waals surface area contributed by atoms with Crippen molar-refractivity contribution in [2.75, 3.05) is 18.0 Å². The van der Waals surface area contributed by atoms with Crippen LogP contribution in [0.5, 0.6) is 0 Å². The fraction of sp³-hybridized carbons (Fsp3) is 0.179. The van der Waals surface area contributed by atoms with Gasteiger partial charge in [-0.3, -0.25) is 9.80 Å². The molecule has 2 unspecified atom stereocenters. The number of benzene rings is 2. The molecule has 7 heteroatoms. The lowest BCUT2D eigenvalue weighted by Crippen LogP contribution is -3.11. The fourth-order valence-corrected chi connectivity index (χ4v) is 4.70. The Kier molecular flexibility index (Phi) is 7.47. The number of aryl methyl sites for hydroxylation is 1. The Bertz CT molecular complexity index is 1340. The Labute approximate surface area is 223 Å². The quantitative estimate of drug-likeness (QED) is 0.266. The second-order valence-corrected chi connectivity index (χ2v) is 8.48. The van der Waals surface area contributed by atoms with Crippen molar-refractivity contribution >= 4 is 28.7 Å². The van der Waals surface area contributed by atoms with Crippen molar-refractivity contribution in [1.82, 2.24) is 19.7 Å². The lowest BCUT2D eigenvalue weighted by atomic mass is 10.1. The maximum absolute atomic E-state index is 5.00. The van der Waals surface area contributed by atoms with Gasteiger partial charge < -0.3 is 24.0 Å². The first-order chi connectivity index (χ1) is 16.6. The van der Waals surface area contributed by atoms with Gasteiger partial charge in [-0.15, -0.1) is 6.58 Å². The molecule has 1 aliphatic heterocycles. The van der Waals surface area contributed by atoms with Crippen LogP contribution < -0.4 is 33.8 Å². The molecule has 1 N–H and O–H groups in total. The standard InChI is InChI=1S/C28H28N6.HI/c1-5-18-32-26(17-16-23-20(3)31-34(21(23)4)22-12-8-7-9-13-22)33(19-6-2)28-27(32)29-24-14-10-11-15-25(24)30-28;/h5-17,26H,1-2,18-19H2,3-4H3;1H/b17-16+;. The SMILES string of the molecule is C=CCN1c2nc3ccccc3nc2[NH+](CC=C)C1/C=C/c1c(C)nn(-c2ccccc2)c1C.[I-]. The summed E-state index contributed by atoms with van der Waals surface area (Å²) in [6.45, 7) is 13.6. The maximum atomic E-state index is 5.00. The predicted molar refractivity (Wildman–Crippen MR) is 139 cm³/mol. The van der Waals surface area contributed by atoms with Gasteiger partial charge in [0.25, 0.3) is 5.82 Å². The topological polar surface area (TPSA) is 51.3 Å². The van der Waals surface area contributed by atoms with Crippen LogP contribution in [0.1, 0.15) is 17.0 Å². The zero-order valence-electron chi connectivity index (χ0n) is 20.0. The third-order valence-corrected chi connectivity index (χ3v) is 6.30. The predicted octanol–water partition coefficient (Wildman–Crippen LogP) is 1.18. The second kappa shape index (κ2) is 10.5. The van der Waals surface area contributed by atoms with Gasteiger partial charge in [0.1, 0.15) is 6.54 Å². The van der Waals surface area contributed by atoms with Crippen molar-refractivity contribution in [3.8, 4) is 5.69 Å². The third kappa shape index (κ3) is 4.53. The largest absolute Gasteiger partial charge is 1.00 e. The first-order valence-electron chi connectivity index (χ1n) is 11.5. The Morgan fingerprint density at radius 2 is 1.63 bits per heavy atom. The van der Waals surface area contributed by atoms with Crippen LogP contribution in [0.15, 0.2) is 86.0 Å². The molecule has 1 aliphatic rings. The van der Waals surface area contributed by atoms with E-state index in [4.69, 9.17) is 15.1 Å². The summed E-state index contributed by atoms with van der Waals surface area (Å²) in [5.74, 6) is 1.85. The molecular weight excluding hydrogens is 547 g/mol. The number of aromatic nitrogens is 4. The summed E-state index contributed by atoms with van der Waals surface area (Å²) in [5, 5.41) is 4.80. The fourth-order valence-electron chi connectivity index (χ4n) is 4.70. The number of halogens is 1. The molecule has 0 saturated carbocycles. The number of hydrogen-bond acceptors (Lipinski definition) is 4. The Morgan fingerprint density at radius 3 is 2.31 bits per heavy atom. The van der Waals surface area contributed by atoms with Crippen LogP contribution in [-0.2, 0) is 0 Å². The molecule has 2 aromatic heterocycles. The normalized spacial score (nSPS) is 16.9. The summed E-state index contributed by atoms with van der Waals surface area (Å²) in [7, 11) is 0. The minimum atomic E-state index is 0. The smallest absolute Gasteiger partial charge is 0.272 e. The lowest BCUT2D eigenvalue weighted by molar-refractivity contribution is -0.841. The highest BCUT2D eigenvalue weighted by Crippen LogP contribution is 2.29. The molecule has 0 saturated heterocycles. The highest BCUT2D eigenvalue weighted by atomic mass is 127. The van der Waals surface area contributed by atoms with E-state index in [0.717, 1.165) is 51.9 Å². The number of fused-ring (bicyclic) bond motifs is 2. The molecule has 0 aliphatic carbocycles. The summed E-state index contributed by atoms with van der Waals surface area (Å²) in [6.07, 6.45) is 8.30. The number of hydrogen-bond donors (Lipinski definition) is 1. The molecule has 0 fully saturated rings. The summed E-state index contributed by atoms with van der Waals surface area (Å²) >= 11 is 0. The molecule has 5 rings (SSSR count). The second-order valence-electron chi connectivity index (χ2n) is 8.48. The molecule has 2 atom stereocenters. The van der Waals surface area contributed by atoms with E-state index in [9.17, 15) is 0 Å².